The summed E-state index contributed by atoms with van der Waals surface area (Å²) >= 11 is 2.00. The van der Waals surface area contributed by atoms with Gasteiger partial charge in [-0.15, -0.1) is 0 Å². The summed E-state index contributed by atoms with van der Waals surface area (Å²) in [5.74, 6) is 2.90. The lowest BCUT2D eigenvalue weighted by molar-refractivity contribution is -0.126. The lowest BCUT2D eigenvalue weighted by atomic mass is 9.98. The third-order valence-corrected chi connectivity index (χ3v) is 4.28. The van der Waals surface area contributed by atoms with Crippen molar-refractivity contribution in [2.45, 2.75) is 31.7 Å². The molecule has 2 aliphatic heterocycles. The SMILES string of the molecule is O=C(NC1CCSCC1)[C@H]1CCCNC1. The van der Waals surface area contributed by atoms with Gasteiger partial charge in [0.1, 0.15) is 0 Å². The molecule has 0 bridgehead atoms. The van der Waals surface area contributed by atoms with Crippen molar-refractivity contribution >= 4 is 17.7 Å². The Balaban J connectivity index is 1.74. The number of thioether (sulfide) groups is 1. The zero-order valence-electron chi connectivity index (χ0n) is 9.13. The monoisotopic (exact) mass is 228 g/mol. The van der Waals surface area contributed by atoms with Gasteiger partial charge < -0.3 is 10.6 Å². The summed E-state index contributed by atoms with van der Waals surface area (Å²) in [4.78, 5) is 11.9. The highest BCUT2D eigenvalue weighted by Crippen LogP contribution is 2.18. The number of carbonyl (C=O) groups is 1. The van der Waals surface area contributed by atoms with Crippen LogP contribution < -0.4 is 10.6 Å². The molecule has 86 valence electrons. The fourth-order valence-electron chi connectivity index (χ4n) is 2.24. The van der Waals surface area contributed by atoms with Gasteiger partial charge in [-0.05, 0) is 43.7 Å². The molecule has 0 aliphatic carbocycles. The van der Waals surface area contributed by atoms with Crippen molar-refractivity contribution < 1.29 is 4.79 Å². The van der Waals surface area contributed by atoms with Gasteiger partial charge in [-0.2, -0.15) is 11.8 Å². The molecule has 1 atom stereocenters. The Bertz CT molecular complexity index is 211. The minimum Gasteiger partial charge on any atom is -0.353 e. The molecule has 4 heteroatoms. The van der Waals surface area contributed by atoms with Crippen LogP contribution in [0.4, 0.5) is 0 Å². The normalized spacial score (nSPS) is 28.7. The van der Waals surface area contributed by atoms with E-state index in [4.69, 9.17) is 0 Å². The maximum Gasteiger partial charge on any atom is 0.224 e. The van der Waals surface area contributed by atoms with E-state index in [2.05, 4.69) is 10.6 Å². The molecule has 0 radical (unpaired) electrons. The molecule has 0 aromatic carbocycles. The van der Waals surface area contributed by atoms with Gasteiger partial charge in [0, 0.05) is 12.6 Å². The number of hydrogen-bond donors (Lipinski definition) is 2. The van der Waals surface area contributed by atoms with Gasteiger partial charge in [0.15, 0.2) is 0 Å². The number of nitrogens with one attached hydrogen (secondary N) is 2. The fourth-order valence-corrected chi connectivity index (χ4v) is 3.34. The molecular weight excluding hydrogens is 208 g/mol. The summed E-state index contributed by atoms with van der Waals surface area (Å²) in [7, 11) is 0. The first-order valence-electron chi connectivity index (χ1n) is 5.95. The van der Waals surface area contributed by atoms with Crippen LogP contribution in [-0.2, 0) is 4.79 Å². The van der Waals surface area contributed by atoms with Crippen LogP contribution in [0.25, 0.3) is 0 Å². The van der Waals surface area contributed by atoms with E-state index in [9.17, 15) is 4.79 Å². The molecule has 1 amide bonds. The average molecular weight is 228 g/mol. The Morgan fingerprint density at radius 1 is 1.27 bits per heavy atom. The molecular formula is C11H20N2OS. The van der Waals surface area contributed by atoms with Crippen LogP contribution in [0.5, 0.6) is 0 Å². The molecule has 15 heavy (non-hydrogen) atoms. The van der Waals surface area contributed by atoms with Crippen LogP contribution >= 0.6 is 11.8 Å². The zero-order valence-corrected chi connectivity index (χ0v) is 9.94. The van der Waals surface area contributed by atoms with E-state index in [1.54, 1.807) is 0 Å². The maximum absolute atomic E-state index is 11.9. The Morgan fingerprint density at radius 3 is 2.73 bits per heavy atom. The van der Waals surface area contributed by atoms with Crippen LogP contribution in [0.1, 0.15) is 25.7 Å². The van der Waals surface area contributed by atoms with Crippen molar-refractivity contribution in [1.82, 2.24) is 10.6 Å². The second-order valence-corrected chi connectivity index (χ2v) is 5.66. The molecule has 2 aliphatic rings. The molecule has 0 saturated carbocycles. The summed E-state index contributed by atoms with van der Waals surface area (Å²) < 4.78 is 0. The molecule has 3 nitrogen and oxygen atoms in total. The number of carbonyl (C=O) groups excluding carboxylic acids is 1. The van der Waals surface area contributed by atoms with Gasteiger partial charge >= 0.3 is 0 Å². The topological polar surface area (TPSA) is 41.1 Å². The van der Waals surface area contributed by atoms with E-state index in [1.807, 2.05) is 11.8 Å². The first kappa shape index (κ1) is 11.3. The summed E-state index contributed by atoms with van der Waals surface area (Å²) in [5, 5.41) is 6.48. The van der Waals surface area contributed by atoms with Crippen molar-refractivity contribution in [3.8, 4) is 0 Å². The van der Waals surface area contributed by atoms with Crippen molar-refractivity contribution in [3.63, 3.8) is 0 Å². The molecule has 2 rings (SSSR count). The maximum atomic E-state index is 11.9. The van der Waals surface area contributed by atoms with E-state index in [-0.39, 0.29) is 11.8 Å². The summed E-state index contributed by atoms with van der Waals surface area (Å²) in [6.07, 6.45) is 4.49. The van der Waals surface area contributed by atoms with E-state index in [0.29, 0.717) is 6.04 Å². The number of piperidine rings is 1. The highest BCUT2D eigenvalue weighted by Gasteiger charge is 2.23. The molecule has 2 N–H and O–H groups in total. The predicted octanol–water partition coefficient (Wildman–Crippen LogP) is 0.998. The minimum atomic E-state index is 0.216. The molecule has 2 saturated heterocycles. The van der Waals surface area contributed by atoms with Gasteiger partial charge in [-0.25, -0.2) is 0 Å². The second kappa shape index (κ2) is 5.75. The Labute approximate surface area is 95.8 Å². The fraction of sp³-hybridized carbons (Fsp3) is 0.909. The van der Waals surface area contributed by atoms with Gasteiger partial charge in [0.05, 0.1) is 5.92 Å². The highest BCUT2D eigenvalue weighted by atomic mass is 32.2. The Kier molecular flexibility index (Phi) is 4.32. The van der Waals surface area contributed by atoms with Crippen molar-refractivity contribution in [3.05, 3.63) is 0 Å². The van der Waals surface area contributed by atoms with E-state index < -0.39 is 0 Å². The van der Waals surface area contributed by atoms with Crippen molar-refractivity contribution in [1.29, 1.82) is 0 Å². The van der Waals surface area contributed by atoms with E-state index in [1.165, 1.54) is 11.5 Å². The largest absolute Gasteiger partial charge is 0.353 e. The molecule has 0 spiro atoms. The third kappa shape index (κ3) is 3.38. The van der Waals surface area contributed by atoms with Gasteiger partial charge in [-0.3, -0.25) is 4.79 Å². The number of rotatable bonds is 2. The molecule has 2 fully saturated rings. The third-order valence-electron chi connectivity index (χ3n) is 3.24. The molecule has 0 aromatic rings. The van der Waals surface area contributed by atoms with Crippen molar-refractivity contribution in [2.24, 2.45) is 5.92 Å². The van der Waals surface area contributed by atoms with Gasteiger partial charge in [-0.1, -0.05) is 0 Å². The van der Waals surface area contributed by atoms with E-state index >= 15 is 0 Å². The van der Waals surface area contributed by atoms with Crippen LogP contribution in [-0.4, -0.2) is 36.5 Å². The lowest BCUT2D eigenvalue weighted by Crippen LogP contribution is -2.45. The van der Waals surface area contributed by atoms with Crippen LogP contribution in [0.2, 0.25) is 0 Å². The van der Waals surface area contributed by atoms with Crippen LogP contribution in [0, 0.1) is 5.92 Å². The lowest BCUT2D eigenvalue weighted by Gasteiger charge is -2.27. The van der Waals surface area contributed by atoms with Crippen LogP contribution in [0.3, 0.4) is 0 Å². The first-order valence-corrected chi connectivity index (χ1v) is 7.10. The van der Waals surface area contributed by atoms with Gasteiger partial charge in [0.25, 0.3) is 0 Å². The average Bonchev–Trinajstić information content (AvgIpc) is 2.31. The predicted molar refractivity (Wildman–Crippen MR) is 64.1 cm³/mol. The standard InChI is InChI=1S/C11H20N2OS/c14-11(9-2-1-5-12-8-9)13-10-3-6-15-7-4-10/h9-10,12H,1-8H2,(H,13,14)/t9-/m0/s1. The first-order chi connectivity index (χ1) is 7.36. The zero-order chi connectivity index (χ0) is 10.5. The van der Waals surface area contributed by atoms with Crippen molar-refractivity contribution in [2.75, 3.05) is 24.6 Å². The second-order valence-electron chi connectivity index (χ2n) is 4.44. The minimum absolute atomic E-state index is 0.216. The molecule has 0 aromatic heterocycles. The Morgan fingerprint density at radius 2 is 2.07 bits per heavy atom. The smallest absolute Gasteiger partial charge is 0.224 e. The summed E-state index contributed by atoms with van der Waals surface area (Å²) in [6.45, 7) is 1.94. The van der Waals surface area contributed by atoms with E-state index in [0.717, 1.165) is 38.8 Å². The van der Waals surface area contributed by atoms with Gasteiger partial charge in [0.2, 0.25) is 5.91 Å². The van der Waals surface area contributed by atoms with Crippen LogP contribution in [0.15, 0.2) is 0 Å². The summed E-state index contributed by atoms with van der Waals surface area (Å²) in [5.41, 5.74) is 0. The number of amides is 1. The number of hydrogen-bond acceptors (Lipinski definition) is 3. The highest BCUT2D eigenvalue weighted by molar-refractivity contribution is 7.99. The quantitative estimate of drug-likeness (QED) is 0.741. The molecule has 0 unspecified atom stereocenters. The summed E-state index contributed by atoms with van der Waals surface area (Å²) in [6, 6.07) is 0.445. The Hall–Kier alpha value is -0.220. The molecule has 2 heterocycles.